The van der Waals surface area contributed by atoms with Gasteiger partial charge in [-0.15, -0.1) is 0 Å². The Bertz CT molecular complexity index is 785. The molecule has 0 saturated carbocycles. The van der Waals surface area contributed by atoms with Crippen LogP contribution in [-0.4, -0.2) is 10.2 Å². The molecule has 0 aliphatic heterocycles. The highest BCUT2D eigenvalue weighted by Crippen LogP contribution is 2.38. The fourth-order valence-electron chi connectivity index (χ4n) is 2.68. The third-order valence-electron chi connectivity index (χ3n) is 3.67. The fraction of sp³-hybridized carbons (Fsp3) is 0.118. The number of halogens is 1. The highest BCUT2D eigenvalue weighted by atomic mass is 19.1. The number of aromatic amines is 1. The number of hydrogen-bond donors (Lipinski definition) is 2. The van der Waals surface area contributed by atoms with Crippen LogP contribution in [0, 0.1) is 19.7 Å². The van der Waals surface area contributed by atoms with Gasteiger partial charge in [-0.3, -0.25) is 5.10 Å². The quantitative estimate of drug-likeness (QED) is 0.743. The maximum absolute atomic E-state index is 14.1. The highest BCUT2D eigenvalue weighted by molar-refractivity contribution is 5.89. The van der Waals surface area contributed by atoms with Gasteiger partial charge < -0.3 is 5.73 Å². The molecule has 0 fully saturated rings. The van der Waals surface area contributed by atoms with Gasteiger partial charge in [0.2, 0.25) is 0 Å². The van der Waals surface area contributed by atoms with Crippen molar-refractivity contribution in [1.82, 2.24) is 10.2 Å². The van der Waals surface area contributed by atoms with E-state index in [0.717, 1.165) is 22.4 Å². The molecule has 21 heavy (non-hydrogen) atoms. The molecule has 4 heteroatoms. The largest absolute Gasteiger partial charge is 0.382 e. The molecule has 3 nitrogen and oxygen atoms in total. The van der Waals surface area contributed by atoms with E-state index in [4.69, 9.17) is 5.73 Å². The van der Waals surface area contributed by atoms with E-state index in [-0.39, 0.29) is 5.82 Å². The van der Waals surface area contributed by atoms with Crippen LogP contribution in [0.1, 0.15) is 11.1 Å². The summed E-state index contributed by atoms with van der Waals surface area (Å²) in [5.74, 6) is -0.00385. The summed E-state index contributed by atoms with van der Waals surface area (Å²) in [7, 11) is 0. The summed E-state index contributed by atoms with van der Waals surface area (Å²) < 4.78 is 14.1. The van der Waals surface area contributed by atoms with Crippen molar-refractivity contribution in [2.24, 2.45) is 0 Å². The third-order valence-corrected chi connectivity index (χ3v) is 3.67. The highest BCUT2D eigenvalue weighted by Gasteiger charge is 2.19. The lowest BCUT2D eigenvalue weighted by Gasteiger charge is -2.11. The third kappa shape index (κ3) is 2.18. The van der Waals surface area contributed by atoms with E-state index < -0.39 is 0 Å². The summed E-state index contributed by atoms with van der Waals surface area (Å²) in [6.45, 7) is 4.04. The molecule has 0 atom stereocenters. The summed E-state index contributed by atoms with van der Waals surface area (Å²) in [5.41, 5.74) is 11.0. The van der Waals surface area contributed by atoms with Gasteiger partial charge in [-0.05, 0) is 31.0 Å². The number of benzene rings is 2. The van der Waals surface area contributed by atoms with Crippen LogP contribution in [0.25, 0.3) is 22.4 Å². The number of rotatable bonds is 2. The number of nitrogens with two attached hydrogens (primary N) is 1. The van der Waals surface area contributed by atoms with E-state index in [9.17, 15) is 4.39 Å². The van der Waals surface area contributed by atoms with Crippen molar-refractivity contribution in [3.63, 3.8) is 0 Å². The maximum Gasteiger partial charge on any atom is 0.153 e. The number of aromatic nitrogens is 2. The maximum atomic E-state index is 14.1. The first-order chi connectivity index (χ1) is 10.1. The van der Waals surface area contributed by atoms with Crippen molar-refractivity contribution in [2.75, 3.05) is 5.73 Å². The lowest BCUT2D eigenvalue weighted by molar-refractivity contribution is 0.631. The number of nitrogens with zero attached hydrogens (tertiary/aromatic N) is 1. The fourth-order valence-corrected chi connectivity index (χ4v) is 2.68. The summed E-state index contributed by atoms with van der Waals surface area (Å²) in [5, 5.41) is 7.03. The Balaban J connectivity index is 2.31. The smallest absolute Gasteiger partial charge is 0.153 e. The van der Waals surface area contributed by atoms with Crippen LogP contribution in [0.3, 0.4) is 0 Å². The van der Waals surface area contributed by atoms with E-state index >= 15 is 0 Å². The molecule has 2 aromatic carbocycles. The predicted molar refractivity (Wildman–Crippen MR) is 83.3 cm³/mol. The molecule has 1 aromatic heterocycles. The van der Waals surface area contributed by atoms with E-state index in [2.05, 4.69) is 10.2 Å². The second-order valence-electron chi connectivity index (χ2n) is 5.11. The zero-order valence-electron chi connectivity index (χ0n) is 11.9. The van der Waals surface area contributed by atoms with Crippen LogP contribution in [0.5, 0.6) is 0 Å². The van der Waals surface area contributed by atoms with Crippen LogP contribution in [-0.2, 0) is 0 Å². The molecule has 3 N–H and O–H groups in total. The van der Waals surface area contributed by atoms with Gasteiger partial charge in [0.15, 0.2) is 5.82 Å². The summed E-state index contributed by atoms with van der Waals surface area (Å²) in [6.07, 6.45) is 0. The number of nitrogens with one attached hydrogen (secondary N) is 1. The first-order valence-electron chi connectivity index (χ1n) is 6.75. The second-order valence-corrected chi connectivity index (χ2v) is 5.11. The van der Waals surface area contributed by atoms with Crippen molar-refractivity contribution >= 4 is 5.82 Å². The van der Waals surface area contributed by atoms with E-state index in [1.165, 1.54) is 6.07 Å². The van der Waals surface area contributed by atoms with Gasteiger partial charge in [-0.2, -0.15) is 5.10 Å². The monoisotopic (exact) mass is 281 g/mol. The molecule has 0 saturated heterocycles. The molecule has 3 rings (SSSR count). The Morgan fingerprint density at radius 2 is 1.62 bits per heavy atom. The Labute approximate surface area is 122 Å². The molecule has 0 amide bonds. The molecule has 0 bridgehead atoms. The van der Waals surface area contributed by atoms with E-state index in [1.807, 2.05) is 32.0 Å². The van der Waals surface area contributed by atoms with Gasteiger partial charge in [-0.1, -0.05) is 36.4 Å². The predicted octanol–water partition coefficient (Wildman–Crippen LogP) is 4.08. The number of hydrogen-bond acceptors (Lipinski definition) is 2. The van der Waals surface area contributed by atoms with Crippen molar-refractivity contribution in [3.8, 4) is 22.4 Å². The molecular formula is C17H16FN3. The SMILES string of the molecule is Cc1cccc(C)c1-c1[nH]nc(N)c1-c1ccccc1F. The van der Waals surface area contributed by atoms with Crippen LogP contribution in [0.15, 0.2) is 42.5 Å². The van der Waals surface area contributed by atoms with Gasteiger partial charge in [0.25, 0.3) is 0 Å². The average Bonchev–Trinajstić information content (AvgIpc) is 2.81. The lowest BCUT2D eigenvalue weighted by atomic mass is 9.94. The van der Waals surface area contributed by atoms with Crippen molar-refractivity contribution < 1.29 is 4.39 Å². The Morgan fingerprint density at radius 3 is 2.29 bits per heavy atom. The molecule has 3 aromatic rings. The molecule has 0 aliphatic rings. The molecule has 0 spiro atoms. The minimum absolute atomic E-state index is 0.303. The first-order valence-corrected chi connectivity index (χ1v) is 6.75. The van der Waals surface area contributed by atoms with Gasteiger partial charge in [0.05, 0.1) is 11.3 Å². The summed E-state index contributed by atoms with van der Waals surface area (Å²) in [6, 6.07) is 12.6. The zero-order valence-corrected chi connectivity index (χ0v) is 11.9. The number of H-pyrrole nitrogens is 1. The Kier molecular flexibility index (Phi) is 3.22. The zero-order chi connectivity index (χ0) is 15.0. The Morgan fingerprint density at radius 1 is 0.952 bits per heavy atom. The summed E-state index contributed by atoms with van der Waals surface area (Å²) >= 11 is 0. The average molecular weight is 281 g/mol. The van der Waals surface area contributed by atoms with Crippen molar-refractivity contribution in [1.29, 1.82) is 0 Å². The molecule has 0 aliphatic carbocycles. The topological polar surface area (TPSA) is 54.7 Å². The second kappa shape index (κ2) is 5.05. The number of aryl methyl sites for hydroxylation is 2. The first kappa shape index (κ1) is 13.4. The number of anilines is 1. The molecule has 0 radical (unpaired) electrons. The summed E-state index contributed by atoms with van der Waals surface area (Å²) in [4.78, 5) is 0. The van der Waals surface area contributed by atoms with Gasteiger partial charge in [0, 0.05) is 11.1 Å². The molecule has 1 heterocycles. The minimum atomic E-state index is -0.307. The van der Waals surface area contributed by atoms with Crippen LogP contribution < -0.4 is 5.73 Å². The molecule has 0 unspecified atom stereocenters. The van der Waals surface area contributed by atoms with Crippen LogP contribution in [0.4, 0.5) is 10.2 Å². The van der Waals surface area contributed by atoms with Crippen LogP contribution in [0.2, 0.25) is 0 Å². The van der Waals surface area contributed by atoms with Gasteiger partial charge >= 0.3 is 0 Å². The van der Waals surface area contributed by atoms with Crippen LogP contribution >= 0.6 is 0 Å². The minimum Gasteiger partial charge on any atom is -0.382 e. The van der Waals surface area contributed by atoms with Gasteiger partial charge in [-0.25, -0.2) is 4.39 Å². The molecular weight excluding hydrogens is 265 g/mol. The van der Waals surface area contributed by atoms with E-state index in [1.54, 1.807) is 18.2 Å². The standard InChI is InChI=1S/C17H16FN3/c1-10-6-5-7-11(2)14(10)16-15(17(19)21-20-16)12-8-3-4-9-13(12)18/h3-9H,1-2H3,(H3,19,20,21). The Hall–Kier alpha value is -2.62. The number of nitrogen functional groups attached to an aromatic ring is 1. The van der Waals surface area contributed by atoms with Gasteiger partial charge in [0.1, 0.15) is 5.82 Å². The van der Waals surface area contributed by atoms with E-state index in [0.29, 0.717) is 16.9 Å². The normalized spacial score (nSPS) is 10.8. The van der Waals surface area contributed by atoms with Crippen molar-refractivity contribution in [2.45, 2.75) is 13.8 Å². The lowest BCUT2D eigenvalue weighted by Crippen LogP contribution is -1.93. The van der Waals surface area contributed by atoms with Crippen molar-refractivity contribution in [3.05, 3.63) is 59.4 Å². The molecule has 106 valence electrons.